The van der Waals surface area contributed by atoms with Crippen molar-refractivity contribution < 1.29 is 4.42 Å². The zero-order valence-electron chi connectivity index (χ0n) is 8.32. The lowest BCUT2D eigenvalue weighted by molar-refractivity contribution is 0.545. The predicted molar refractivity (Wildman–Crippen MR) is 58.5 cm³/mol. The van der Waals surface area contributed by atoms with Gasteiger partial charge in [-0.3, -0.25) is 0 Å². The predicted octanol–water partition coefficient (Wildman–Crippen LogP) is 3.13. The summed E-state index contributed by atoms with van der Waals surface area (Å²) in [6.07, 6.45) is 0. The van der Waals surface area contributed by atoms with Crippen molar-refractivity contribution in [3.63, 3.8) is 0 Å². The van der Waals surface area contributed by atoms with Gasteiger partial charge >= 0.3 is 0 Å². The maximum absolute atomic E-state index is 5.51. The topological polar surface area (TPSA) is 41.8 Å². The summed E-state index contributed by atoms with van der Waals surface area (Å²) in [5.41, 5.74) is 1.99. The van der Waals surface area contributed by atoms with Gasteiger partial charge in [-0.1, -0.05) is 12.1 Å². The van der Waals surface area contributed by atoms with Crippen molar-refractivity contribution >= 4 is 11.0 Å². The number of hydrogen-bond acceptors (Lipinski definition) is 2. The van der Waals surface area contributed by atoms with E-state index in [0.29, 0.717) is 0 Å². The van der Waals surface area contributed by atoms with Crippen molar-refractivity contribution in [2.75, 3.05) is 0 Å². The largest absolute Gasteiger partial charge is 0.458 e. The minimum absolute atomic E-state index is 0.781. The summed E-state index contributed by atoms with van der Waals surface area (Å²) < 4.78 is 5.51. The van der Waals surface area contributed by atoms with Gasteiger partial charge in [0.1, 0.15) is 5.76 Å². The molecule has 15 heavy (non-hydrogen) atoms. The molecule has 0 aliphatic heterocycles. The molecule has 2 aromatic heterocycles. The highest BCUT2D eigenvalue weighted by Gasteiger charge is 2.07. The molecular weight excluding hydrogens is 188 g/mol. The number of aromatic nitrogens is 2. The van der Waals surface area contributed by atoms with Gasteiger partial charge in [0.2, 0.25) is 0 Å². The molecule has 3 aromatic rings. The van der Waals surface area contributed by atoms with E-state index in [-0.39, 0.29) is 0 Å². The summed E-state index contributed by atoms with van der Waals surface area (Å²) >= 11 is 0. The third-order valence-electron chi connectivity index (χ3n) is 2.36. The normalized spacial score (nSPS) is 11.0. The van der Waals surface area contributed by atoms with Crippen LogP contribution >= 0.6 is 0 Å². The Kier molecular flexibility index (Phi) is 1.65. The summed E-state index contributed by atoms with van der Waals surface area (Å²) in [5.74, 6) is 2.46. The zero-order valence-corrected chi connectivity index (χ0v) is 8.32. The summed E-state index contributed by atoms with van der Waals surface area (Å²) in [4.78, 5) is 7.67. The van der Waals surface area contributed by atoms with Gasteiger partial charge in [0.05, 0.1) is 11.0 Å². The number of aromatic amines is 1. The molecule has 3 nitrogen and oxygen atoms in total. The second kappa shape index (κ2) is 2.98. The fourth-order valence-corrected chi connectivity index (χ4v) is 1.63. The number of rotatable bonds is 1. The molecule has 0 atom stereocenters. The molecule has 0 aliphatic rings. The molecule has 1 N–H and O–H groups in total. The van der Waals surface area contributed by atoms with Gasteiger partial charge in [0.15, 0.2) is 11.6 Å². The van der Waals surface area contributed by atoms with Crippen LogP contribution in [0.5, 0.6) is 0 Å². The highest BCUT2D eigenvalue weighted by molar-refractivity contribution is 5.78. The molecular formula is C12H10N2O. The second-order valence-electron chi connectivity index (χ2n) is 3.51. The van der Waals surface area contributed by atoms with E-state index >= 15 is 0 Å². The third kappa shape index (κ3) is 1.32. The van der Waals surface area contributed by atoms with Gasteiger partial charge in [-0.2, -0.15) is 0 Å². The highest BCUT2D eigenvalue weighted by atomic mass is 16.3. The third-order valence-corrected chi connectivity index (χ3v) is 2.36. The van der Waals surface area contributed by atoms with Crippen LogP contribution in [0.1, 0.15) is 5.76 Å². The van der Waals surface area contributed by atoms with E-state index in [4.69, 9.17) is 4.42 Å². The Morgan fingerprint density at radius 3 is 2.73 bits per heavy atom. The monoisotopic (exact) mass is 198 g/mol. The van der Waals surface area contributed by atoms with Crippen molar-refractivity contribution in [3.8, 4) is 11.6 Å². The molecule has 1 aromatic carbocycles. The van der Waals surface area contributed by atoms with Gasteiger partial charge in [-0.25, -0.2) is 4.98 Å². The summed E-state index contributed by atoms with van der Waals surface area (Å²) in [5, 5.41) is 0. The molecule has 0 amide bonds. The van der Waals surface area contributed by atoms with Crippen LogP contribution in [0.4, 0.5) is 0 Å². The van der Waals surface area contributed by atoms with Crippen LogP contribution in [0.3, 0.4) is 0 Å². The minimum atomic E-state index is 0.781. The van der Waals surface area contributed by atoms with Crippen molar-refractivity contribution in [2.45, 2.75) is 6.92 Å². The first-order valence-corrected chi connectivity index (χ1v) is 4.84. The lowest BCUT2D eigenvalue weighted by Gasteiger charge is -1.87. The maximum atomic E-state index is 5.51. The Balaban J connectivity index is 2.19. The Morgan fingerprint density at radius 2 is 2.00 bits per heavy atom. The van der Waals surface area contributed by atoms with Gasteiger partial charge in [0.25, 0.3) is 0 Å². The Labute approximate surface area is 86.8 Å². The van der Waals surface area contributed by atoms with E-state index in [2.05, 4.69) is 9.97 Å². The van der Waals surface area contributed by atoms with Crippen LogP contribution in [0.2, 0.25) is 0 Å². The SMILES string of the molecule is Cc1ccc(-c2nc3ccccc3[nH]2)o1. The van der Waals surface area contributed by atoms with Crippen LogP contribution < -0.4 is 0 Å². The first-order chi connectivity index (χ1) is 7.33. The van der Waals surface area contributed by atoms with E-state index in [1.165, 1.54) is 0 Å². The Bertz CT molecular complexity index is 574. The Morgan fingerprint density at radius 1 is 1.13 bits per heavy atom. The van der Waals surface area contributed by atoms with Gasteiger partial charge in [-0.15, -0.1) is 0 Å². The molecule has 0 unspecified atom stereocenters. The molecule has 3 heteroatoms. The van der Waals surface area contributed by atoms with Gasteiger partial charge < -0.3 is 9.40 Å². The number of hydrogen-bond donors (Lipinski definition) is 1. The number of furan rings is 1. The summed E-state index contributed by atoms with van der Waals surface area (Å²) in [7, 11) is 0. The maximum Gasteiger partial charge on any atom is 0.174 e. The summed E-state index contributed by atoms with van der Waals surface area (Å²) in [6, 6.07) is 11.8. The van der Waals surface area contributed by atoms with Crippen LogP contribution in [-0.2, 0) is 0 Å². The van der Waals surface area contributed by atoms with Crippen LogP contribution in [-0.4, -0.2) is 9.97 Å². The van der Waals surface area contributed by atoms with Crippen molar-refractivity contribution in [1.82, 2.24) is 9.97 Å². The van der Waals surface area contributed by atoms with E-state index < -0.39 is 0 Å². The molecule has 0 saturated carbocycles. The molecule has 0 fully saturated rings. The number of nitrogens with one attached hydrogen (secondary N) is 1. The molecule has 0 aliphatic carbocycles. The average Bonchev–Trinajstić information content (AvgIpc) is 2.82. The quantitative estimate of drug-likeness (QED) is 0.652. The van der Waals surface area contributed by atoms with E-state index in [9.17, 15) is 0 Å². The number of fused-ring (bicyclic) bond motifs is 1. The van der Waals surface area contributed by atoms with Crippen LogP contribution in [0.15, 0.2) is 40.8 Å². The summed E-state index contributed by atoms with van der Waals surface area (Å²) in [6.45, 7) is 1.92. The van der Waals surface area contributed by atoms with Gasteiger partial charge in [-0.05, 0) is 31.2 Å². The number of benzene rings is 1. The molecule has 0 spiro atoms. The second-order valence-corrected chi connectivity index (χ2v) is 3.51. The number of para-hydroxylation sites is 2. The molecule has 2 heterocycles. The molecule has 0 saturated heterocycles. The standard InChI is InChI=1S/C12H10N2O/c1-8-6-7-11(15-8)12-13-9-4-2-3-5-10(9)14-12/h2-7H,1H3,(H,13,14). The highest BCUT2D eigenvalue weighted by Crippen LogP contribution is 2.21. The van der Waals surface area contributed by atoms with Crippen molar-refractivity contribution in [3.05, 3.63) is 42.2 Å². The molecule has 3 rings (SSSR count). The van der Waals surface area contributed by atoms with E-state index in [1.54, 1.807) is 0 Å². The first-order valence-electron chi connectivity index (χ1n) is 4.84. The zero-order chi connectivity index (χ0) is 10.3. The lowest BCUT2D eigenvalue weighted by Crippen LogP contribution is -1.74. The first kappa shape index (κ1) is 8.29. The lowest BCUT2D eigenvalue weighted by atomic mass is 10.3. The van der Waals surface area contributed by atoms with Crippen molar-refractivity contribution in [1.29, 1.82) is 0 Å². The smallest absolute Gasteiger partial charge is 0.174 e. The van der Waals surface area contributed by atoms with Crippen LogP contribution in [0.25, 0.3) is 22.6 Å². The Hall–Kier alpha value is -2.03. The number of H-pyrrole nitrogens is 1. The number of imidazole rings is 1. The average molecular weight is 198 g/mol. The molecule has 74 valence electrons. The van der Waals surface area contributed by atoms with Crippen molar-refractivity contribution in [2.24, 2.45) is 0 Å². The van der Waals surface area contributed by atoms with E-state index in [0.717, 1.165) is 28.4 Å². The van der Waals surface area contributed by atoms with Gasteiger partial charge in [0, 0.05) is 0 Å². The molecule has 0 radical (unpaired) electrons. The minimum Gasteiger partial charge on any atom is -0.458 e. The fourth-order valence-electron chi connectivity index (χ4n) is 1.63. The number of aryl methyl sites for hydroxylation is 1. The fraction of sp³-hybridized carbons (Fsp3) is 0.0833. The number of nitrogens with zero attached hydrogens (tertiary/aromatic N) is 1. The van der Waals surface area contributed by atoms with E-state index in [1.807, 2.05) is 43.3 Å². The van der Waals surface area contributed by atoms with Crippen LogP contribution in [0, 0.1) is 6.92 Å². The molecule has 0 bridgehead atoms.